The Bertz CT molecular complexity index is 2080. The number of benzene rings is 4. The van der Waals surface area contributed by atoms with Gasteiger partial charge in [-0.3, -0.25) is 0 Å². The van der Waals surface area contributed by atoms with Crippen LogP contribution in [0, 0.1) is 83.1 Å². The van der Waals surface area contributed by atoms with Gasteiger partial charge in [-0.05, 0) is 27.7 Å². The van der Waals surface area contributed by atoms with Crippen LogP contribution in [-0.4, -0.2) is 10.9 Å². The molecule has 8 aromatic carbocycles. The Kier molecular flexibility index (Phi) is 23.5. The average Bonchev–Trinajstić information content (AvgIpc) is 3.91. The quantitative estimate of drug-likeness (QED) is 0.105. The smallest absolute Gasteiger partial charge is 0.0488 e. The van der Waals surface area contributed by atoms with Gasteiger partial charge in [0.25, 0.3) is 0 Å². The molecule has 8 aromatic rings. The van der Waals surface area contributed by atoms with Gasteiger partial charge in [0.2, 0.25) is 0 Å². The summed E-state index contributed by atoms with van der Waals surface area (Å²) in [5.41, 5.74) is 16.9. The summed E-state index contributed by atoms with van der Waals surface area (Å²) in [6, 6.07) is 35.6. The van der Waals surface area contributed by atoms with Gasteiger partial charge in [-0.2, -0.15) is 24.3 Å². The van der Waals surface area contributed by atoms with E-state index in [1.807, 2.05) is 0 Å². The van der Waals surface area contributed by atoms with Crippen molar-refractivity contribution in [1.82, 2.24) is 0 Å². The second kappa shape index (κ2) is 25.1. The van der Waals surface area contributed by atoms with Crippen molar-refractivity contribution in [3.8, 4) is 0 Å². The molecular formula is C52H64Cl2Si2Zr2-2. The zero-order valence-electron chi connectivity index (χ0n) is 38.0. The Morgan fingerprint density at radius 2 is 0.448 bits per heavy atom. The molecule has 0 saturated carbocycles. The Morgan fingerprint density at radius 3 is 0.586 bits per heavy atom. The summed E-state index contributed by atoms with van der Waals surface area (Å²) >= 11 is 3.48. The Hall–Kier alpha value is -1.90. The molecule has 0 nitrogen and oxygen atoms in total. The van der Waals surface area contributed by atoms with Crippen molar-refractivity contribution >= 4 is 54.0 Å². The van der Waals surface area contributed by atoms with Crippen LogP contribution in [0.5, 0.6) is 0 Å². The van der Waals surface area contributed by atoms with Gasteiger partial charge in [0, 0.05) is 0 Å². The van der Waals surface area contributed by atoms with Gasteiger partial charge in [-0.15, -0.1) is 136 Å². The fourth-order valence-corrected chi connectivity index (χ4v) is 6.94. The van der Waals surface area contributed by atoms with E-state index < -0.39 is 0 Å². The maximum absolute atomic E-state index is 2.31. The second-order valence-corrected chi connectivity index (χ2v) is 35.0. The minimum atomic E-state index is 0. The van der Waals surface area contributed by atoms with Crippen LogP contribution in [-0.2, 0) is 46.7 Å². The summed E-state index contributed by atoms with van der Waals surface area (Å²) in [6.45, 7) is 35.2. The predicted octanol–water partition coefficient (Wildman–Crippen LogP) is 9.51. The molecule has 0 aliphatic rings. The van der Waals surface area contributed by atoms with Gasteiger partial charge >= 0.3 is 83.7 Å². The molecule has 0 radical (unpaired) electrons. The topological polar surface area (TPSA) is 0 Å². The van der Waals surface area contributed by atoms with E-state index in [0.717, 1.165) is 0 Å². The van der Waals surface area contributed by atoms with Crippen molar-refractivity contribution in [2.24, 2.45) is 0 Å². The molecule has 0 atom stereocenters. The van der Waals surface area contributed by atoms with Crippen molar-refractivity contribution in [2.45, 2.75) is 109 Å². The van der Waals surface area contributed by atoms with E-state index in [1.165, 1.54) is 110 Å². The molecule has 6 heteroatoms. The molecule has 0 unspecified atom stereocenters. The largest absolute Gasteiger partial charge is 1.00 e. The van der Waals surface area contributed by atoms with Gasteiger partial charge in [0.05, 0.1) is 0 Å². The fourth-order valence-electron chi connectivity index (χ4n) is 6.94. The SMILES string of the molecule is C[Si](C)=[Zr+2].C[Si](C)=[Zr+2].Cc1cc2c(C)ccc(C)c2[cH-]1.Cc1cc2c(C)ccc(C)c2[cH-]1.Cc1cc2c(C)ccc(C)c2[cH-]1.Cc1cc2c(C)ccc(C)c2[cH-]1.[Cl-].[Cl-]. The number of halogens is 2. The average molecular weight is 999 g/mol. The van der Waals surface area contributed by atoms with E-state index in [0.29, 0.717) is 0 Å². The van der Waals surface area contributed by atoms with Crippen LogP contribution >= 0.6 is 0 Å². The second-order valence-electron chi connectivity index (χ2n) is 16.2. The molecule has 0 aliphatic carbocycles. The molecule has 0 saturated heterocycles. The molecule has 0 aliphatic heterocycles. The molecule has 0 bridgehead atoms. The Labute approximate surface area is 394 Å². The summed E-state index contributed by atoms with van der Waals surface area (Å²) in [5, 5.41) is 11.3. The van der Waals surface area contributed by atoms with Crippen molar-refractivity contribution in [3.63, 3.8) is 0 Å². The van der Waals surface area contributed by atoms with Crippen LogP contribution in [0.15, 0.2) is 97.1 Å². The molecular weight excluding hydrogens is 934 g/mol. The third-order valence-electron chi connectivity index (χ3n) is 9.87. The number of fused-ring (bicyclic) bond motifs is 4. The first-order chi connectivity index (χ1) is 26.2. The Balaban J connectivity index is 0.000000360. The molecule has 0 aromatic heterocycles. The van der Waals surface area contributed by atoms with Crippen LogP contribution in [0.4, 0.5) is 0 Å². The molecule has 58 heavy (non-hydrogen) atoms. The first kappa shape index (κ1) is 54.1. The van der Waals surface area contributed by atoms with Gasteiger partial charge in [0.1, 0.15) is 0 Å². The number of hydrogen-bond acceptors (Lipinski definition) is 0. The molecule has 8 rings (SSSR count). The van der Waals surface area contributed by atoms with E-state index in [2.05, 4.69) is 206 Å². The van der Waals surface area contributed by atoms with Crippen LogP contribution in [0.2, 0.25) is 26.2 Å². The van der Waals surface area contributed by atoms with Gasteiger partial charge < -0.3 is 24.8 Å². The minimum Gasteiger partial charge on any atom is -1.00 e. The molecule has 304 valence electrons. The summed E-state index contributed by atoms with van der Waals surface area (Å²) < 4.78 is 0. The number of hydrogen-bond donors (Lipinski definition) is 0. The van der Waals surface area contributed by atoms with E-state index in [-0.39, 0.29) is 35.7 Å². The molecule has 0 amide bonds. The summed E-state index contributed by atoms with van der Waals surface area (Å²) in [5.74, 6) is 0. The van der Waals surface area contributed by atoms with Crippen LogP contribution in [0.3, 0.4) is 0 Å². The normalized spacial score (nSPS) is 10.0. The first-order valence-corrected chi connectivity index (χ1v) is 32.1. The number of aryl methyl sites for hydroxylation is 12. The van der Waals surface area contributed by atoms with Crippen molar-refractivity contribution in [1.29, 1.82) is 0 Å². The maximum Gasteiger partial charge on any atom is -0.0488 e. The molecule has 0 N–H and O–H groups in total. The molecule has 0 fully saturated rings. The van der Waals surface area contributed by atoms with Crippen molar-refractivity contribution < 1.29 is 71.5 Å². The van der Waals surface area contributed by atoms with Crippen LogP contribution in [0.25, 0.3) is 43.1 Å². The molecule has 0 heterocycles. The Morgan fingerprint density at radius 1 is 0.310 bits per heavy atom. The summed E-state index contributed by atoms with van der Waals surface area (Å²) in [7, 11) is 0. The molecule has 0 spiro atoms. The van der Waals surface area contributed by atoms with Crippen LogP contribution < -0.4 is 24.8 Å². The summed E-state index contributed by atoms with van der Waals surface area (Å²) in [6.07, 6.45) is 0. The van der Waals surface area contributed by atoms with E-state index >= 15 is 0 Å². The van der Waals surface area contributed by atoms with Crippen molar-refractivity contribution in [2.75, 3.05) is 0 Å². The zero-order valence-corrected chi connectivity index (χ0v) is 46.4. The third-order valence-corrected chi connectivity index (χ3v) is 9.87. The van der Waals surface area contributed by atoms with Gasteiger partial charge in [0.15, 0.2) is 0 Å². The first-order valence-electron chi connectivity index (χ1n) is 19.8. The van der Waals surface area contributed by atoms with Gasteiger partial charge in [-0.1, -0.05) is 102 Å². The third kappa shape index (κ3) is 15.9. The maximum atomic E-state index is 2.31. The monoisotopic (exact) mass is 994 g/mol. The summed E-state index contributed by atoms with van der Waals surface area (Å²) in [4.78, 5) is 0. The standard InChI is InChI=1S/4C12H13.2C2H6Si.2ClH.2Zr/c4*1-8-6-11-9(2)4-5-10(3)12(11)7-8;2*1-3-2;;;;/h4*4-7H,1-3H3;2*1-2H3;2*1H;;/q4*-1;;;;;2*+2/p-2. The fraction of sp³-hybridized carbons (Fsp3) is 0.308. The van der Waals surface area contributed by atoms with E-state index in [1.54, 1.807) is 46.7 Å². The van der Waals surface area contributed by atoms with Crippen molar-refractivity contribution in [3.05, 3.63) is 164 Å². The zero-order chi connectivity index (χ0) is 42.0. The van der Waals surface area contributed by atoms with Crippen LogP contribution in [0.1, 0.15) is 66.8 Å². The number of rotatable bonds is 0. The predicted molar refractivity (Wildman–Crippen MR) is 250 cm³/mol. The minimum absolute atomic E-state index is 0. The van der Waals surface area contributed by atoms with E-state index in [9.17, 15) is 0 Å². The van der Waals surface area contributed by atoms with Gasteiger partial charge in [-0.25, -0.2) is 0 Å². The van der Waals surface area contributed by atoms with E-state index in [4.69, 9.17) is 0 Å².